The highest BCUT2D eigenvalue weighted by molar-refractivity contribution is 7.99. The number of carbonyl (C=O) groups is 11. The molecule has 1 unspecified atom stereocenters. The van der Waals surface area contributed by atoms with Crippen LogP contribution < -0.4 is 16.0 Å². The molecule has 24 nitrogen and oxygen atoms in total. The smallest absolute Gasteiger partial charge is 0.246 e. The molecule has 538 valence electrons. The molecule has 0 aliphatic carbocycles. The van der Waals surface area contributed by atoms with Gasteiger partial charge in [0.1, 0.15) is 66.5 Å². The van der Waals surface area contributed by atoms with Gasteiger partial charge in [0.05, 0.1) is 6.10 Å². The molecule has 0 radical (unpaired) electrons. The number of allylic oxidation sites excluding steroid dienone is 2. The Kier molecular flexibility index (Phi) is 34.8. The highest BCUT2D eigenvalue weighted by Crippen LogP contribution is 2.29. The van der Waals surface area contributed by atoms with Crippen LogP contribution in [0, 0.1) is 35.5 Å². The van der Waals surface area contributed by atoms with Crippen LogP contribution >= 0.6 is 11.8 Å². The molecule has 0 aromatic carbocycles. The summed E-state index contributed by atoms with van der Waals surface area (Å²) in [7, 11) is 10.2. The van der Waals surface area contributed by atoms with Gasteiger partial charge in [0, 0.05) is 61.1 Å². The van der Waals surface area contributed by atoms with Gasteiger partial charge in [-0.25, -0.2) is 0 Å². The third-order valence-electron chi connectivity index (χ3n) is 18.9. The quantitative estimate of drug-likeness (QED) is 0.0907. The summed E-state index contributed by atoms with van der Waals surface area (Å²) in [5.74, 6) is -8.47. The number of hydrogen-bond acceptors (Lipinski definition) is 14. The fourth-order valence-corrected chi connectivity index (χ4v) is 13.9. The molecule has 0 spiro atoms. The zero-order valence-corrected chi connectivity index (χ0v) is 62.8. The van der Waals surface area contributed by atoms with Gasteiger partial charge < -0.3 is 65.2 Å². The fraction of sp³-hybridized carbons (Fsp3) is 0.812. The van der Waals surface area contributed by atoms with Crippen molar-refractivity contribution in [3.05, 3.63) is 12.2 Å². The lowest BCUT2D eigenvalue weighted by molar-refractivity contribution is -0.157. The summed E-state index contributed by atoms with van der Waals surface area (Å²) >= 11 is 1.47. The second-order valence-corrected chi connectivity index (χ2v) is 29.6. The van der Waals surface area contributed by atoms with E-state index >= 15 is 28.8 Å². The molecule has 94 heavy (non-hydrogen) atoms. The molecule has 2 aliphatic rings. The molecule has 2 heterocycles. The highest BCUT2D eigenvalue weighted by Gasteiger charge is 2.49. The number of likely N-dealkylation sites (N-methyl/N-ethyl adjacent to an activating group) is 7. The van der Waals surface area contributed by atoms with E-state index in [1.807, 2.05) is 54.5 Å². The van der Waals surface area contributed by atoms with Crippen LogP contribution in [0.4, 0.5) is 0 Å². The van der Waals surface area contributed by atoms with E-state index in [0.717, 1.165) is 31.0 Å². The van der Waals surface area contributed by atoms with Crippen molar-refractivity contribution in [2.45, 2.75) is 248 Å². The number of nitrogens with one attached hydrogen (secondary N) is 3. The van der Waals surface area contributed by atoms with Gasteiger partial charge >= 0.3 is 0 Å². The molecular weight excluding hydrogens is 1220 g/mol. The molecule has 2 rings (SSSR count). The van der Waals surface area contributed by atoms with Gasteiger partial charge in [-0.1, -0.05) is 109 Å². The lowest BCUT2D eigenvalue weighted by Crippen LogP contribution is -2.64. The van der Waals surface area contributed by atoms with E-state index in [2.05, 4.69) is 34.7 Å². The zero-order valence-electron chi connectivity index (χ0n) is 62.0. The van der Waals surface area contributed by atoms with Crippen molar-refractivity contribution >= 4 is 76.7 Å². The Bertz CT molecular complexity index is 2580. The topological polar surface area (TPSA) is 273 Å². The van der Waals surface area contributed by atoms with Gasteiger partial charge in [-0.2, -0.15) is 11.8 Å². The first kappa shape index (κ1) is 84.3. The second kappa shape index (κ2) is 38.8. The van der Waals surface area contributed by atoms with Gasteiger partial charge in [0.2, 0.25) is 65.0 Å². The summed E-state index contributed by atoms with van der Waals surface area (Å²) in [6.45, 7) is 35.0. The first-order valence-electron chi connectivity index (χ1n) is 34.4. The van der Waals surface area contributed by atoms with E-state index in [1.165, 1.54) is 109 Å². The number of carbonyl (C=O) groups excluding carboxylic acids is 11. The van der Waals surface area contributed by atoms with Gasteiger partial charge in [-0.3, -0.25) is 52.7 Å². The van der Waals surface area contributed by atoms with E-state index in [1.54, 1.807) is 54.5 Å². The minimum atomic E-state index is -1.63. The van der Waals surface area contributed by atoms with Crippen LogP contribution in [0.2, 0.25) is 0 Å². The number of hydrogen-bond donors (Lipinski definition) is 4. The molecule has 0 saturated carbocycles. The molecule has 4 N–H and O–H groups in total. The molecule has 25 heteroatoms. The van der Waals surface area contributed by atoms with E-state index in [-0.39, 0.29) is 55.6 Å². The average Bonchev–Trinajstić information content (AvgIpc) is 1.49. The van der Waals surface area contributed by atoms with Crippen molar-refractivity contribution in [2.24, 2.45) is 35.5 Å². The van der Waals surface area contributed by atoms with Crippen LogP contribution in [-0.4, -0.2) is 273 Å². The highest BCUT2D eigenvalue weighted by atomic mass is 32.2. The first-order chi connectivity index (χ1) is 43.7. The van der Waals surface area contributed by atoms with Crippen molar-refractivity contribution in [3.63, 3.8) is 0 Å². The third kappa shape index (κ3) is 22.1. The standard InChI is InChI=1S/C69H124N12O12S/c1-26-30-32-45(15)58(82)57-61(85)71-49(27-2)63(87)77(23)54(39-94-34-31-33-80(28-3)29-4)66(90)73(19)50(35-40(5)6)60(84)72-55(43(11)12)68(92)76(22)53-38-46(16)81(67(53)91)48(18)59(83)70-47(17)62(86)74(20)51(36-41(7)8)64(88)75(21)52(37-42(9)10)65(89)78(24)56(44(13)14)69(93)79(57)25/h26,30,40-58,82H,27-29,31-39H2,1-25H3,(H,70,83)(H,71,85)(H,72,84)/b30-26+/t45-,46?,47-,48+,49+,50+,51+,52+,53+,54-,55+,56+,57+,58-/m1/s1. The number of thioether (sulfide) groups is 1. The summed E-state index contributed by atoms with van der Waals surface area (Å²) in [6, 6.07) is -14.0. The van der Waals surface area contributed by atoms with Crippen LogP contribution in [-0.2, 0) is 52.7 Å². The molecule has 2 bridgehead atoms. The molecule has 11 amide bonds. The van der Waals surface area contributed by atoms with Crippen molar-refractivity contribution in [3.8, 4) is 0 Å². The van der Waals surface area contributed by atoms with E-state index in [0.29, 0.717) is 12.2 Å². The van der Waals surface area contributed by atoms with E-state index in [4.69, 9.17) is 0 Å². The van der Waals surface area contributed by atoms with Crippen LogP contribution in [0.15, 0.2) is 12.2 Å². The summed E-state index contributed by atoms with van der Waals surface area (Å²) < 4.78 is 0. The Balaban J connectivity index is 3.09. The van der Waals surface area contributed by atoms with Gasteiger partial charge in [0.15, 0.2) is 0 Å². The Morgan fingerprint density at radius 3 is 1.50 bits per heavy atom. The number of nitrogens with zero attached hydrogens (tertiary/aromatic N) is 9. The monoisotopic (exact) mass is 1340 g/mol. The maximum Gasteiger partial charge on any atom is 0.246 e. The van der Waals surface area contributed by atoms with E-state index < -0.39 is 161 Å². The molecule has 2 fully saturated rings. The maximum absolute atomic E-state index is 15.4. The van der Waals surface area contributed by atoms with Crippen molar-refractivity contribution in [1.29, 1.82) is 0 Å². The number of rotatable bonds is 21. The average molecular weight is 1350 g/mol. The summed E-state index contributed by atoms with van der Waals surface area (Å²) in [5, 5.41) is 20.9. The number of fused-ring (bicyclic) bond motifs is 2. The summed E-state index contributed by atoms with van der Waals surface area (Å²) in [6.07, 6.45) is 3.81. The molecule has 0 aromatic heterocycles. The molecular formula is C69H124N12O12S. The first-order valence-corrected chi connectivity index (χ1v) is 35.6. The summed E-state index contributed by atoms with van der Waals surface area (Å²) in [5.41, 5.74) is 0. The minimum absolute atomic E-state index is 0.0164. The molecule has 0 aromatic rings. The van der Waals surface area contributed by atoms with Crippen LogP contribution in [0.3, 0.4) is 0 Å². The largest absolute Gasteiger partial charge is 0.390 e. The zero-order chi connectivity index (χ0) is 72.2. The Morgan fingerprint density at radius 2 is 1.01 bits per heavy atom. The third-order valence-corrected chi connectivity index (χ3v) is 20.1. The minimum Gasteiger partial charge on any atom is -0.390 e. The fourth-order valence-electron chi connectivity index (χ4n) is 12.8. The maximum atomic E-state index is 15.4. The van der Waals surface area contributed by atoms with Crippen molar-refractivity contribution in [1.82, 2.24) is 60.0 Å². The Hall–Kier alpha value is -5.82. The van der Waals surface area contributed by atoms with Gasteiger partial charge in [-0.05, 0) is 134 Å². The predicted octanol–water partition coefficient (Wildman–Crippen LogP) is 4.56. The van der Waals surface area contributed by atoms with Crippen LogP contribution in [0.25, 0.3) is 0 Å². The lowest BCUT2D eigenvalue weighted by atomic mass is 9.91. The number of aliphatic hydroxyl groups is 1. The molecule has 2 aliphatic heterocycles. The normalized spacial score (nSPS) is 27.6. The molecule has 14 atom stereocenters. The van der Waals surface area contributed by atoms with Gasteiger partial charge in [-0.15, -0.1) is 0 Å². The number of aliphatic hydroxyl groups excluding tert-OH is 1. The predicted molar refractivity (Wildman–Crippen MR) is 370 cm³/mol. The Morgan fingerprint density at radius 1 is 0.532 bits per heavy atom. The summed E-state index contributed by atoms with van der Waals surface area (Å²) in [4.78, 5) is 177. The number of amides is 11. The second-order valence-electron chi connectivity index (χ2n) is 28.4. The van der Waals surface area contributed by atoms with Crippen LogP contribution in [0.5, 0.6) is 0 Å². The van der Waals surface area contributed by atoms with Crippen molar-refractivity contribution in [2.75, 3.05) is 80.5 Å². The lowest BCUT2D eigenvalue weighted by Gasteiger charge is -2.41. The molecule has 2 saturated heterocycles. The Labute approximate surface area is 568 Å². The van der Waals surface area contributed by atoms with Gasteiger partial charge in [0.25, 0.3) is 0 Å². The van der Waals surface area contributed by atoms with Crippen LogP contribution in [0.1, 0.15) is 170 Å². The van der Waals surface area contributed by atoms with Crippen molar-refractivity contribution < 1.29 is 57.8 Å². The SMILES string of the molecule is C/C=C/C[C@@H](C)[C@@H](O)[C@H]1C(=O)N[C@@H](CC)C(=O)N(C)[C@H](CSCCCN(CC)CC)C(=O)N(C)[C@@H](CC(C)C)C(=O)N[C@@H](C(C)C)C(=O)N(C)[C@H]2CC(C)N(C2=O)[C@@H](C)C(=O)N[C@H](C)C(=O)N(C)[C@@H](CC(C)C)C(=O)N(C)[C@@H](CC(C)C)C(=O)N(C)[C@@H](C(C)C)C(=O)N1C. The van der Waals surface area contributed by atoms with E-state index in [9.17, 15) is 29.1 Å².